The Balaban J connectivity index is 2.68. The lowest BCUT2D eigenvalue weighted by atomic mass is 10.0. The number of aryl methyl sites for hydroxylation is 1. The Hall–Kier alpha value is -1.35. The van der Waals surface area contributed by atoms with Crippen molar-refractivity contribution in [2.75, 3.05) is 0 Å². The lowest BCUT2D eigenvalue weighted by molar-refractivity contribution is 0.766. The van der Waals surface area contributed by atoms with Crippen molar-refractivity contribution in [3.05, 3.63) is 29.5 Å². The summed E-state index contributed by atoms with van der Waals surface area (Å²) in [6, 6.07) is 6.49. The van der Waals surface area contributed by atoms with Gasteiger partial charge in [0.05, 0.1) is 11.2 Å². The molecule has 0 atom stereocenters. The molecule has 0 radical (unpaired) electrons. The molecule has 0 aliphatic rings. The van der Waals surface area contributed by atoms with Crippen LogP contribution in [0.5, 0.6) is 0 Å². The SMILES string of the molecule is CC(C)c1ccc2c(c1)c(CN)nn2C. The number of hydrogen-bond acceptors (Lipinski definition) is 2. The summed E-state index contributed by atoms with van der Waals surface area (Å²) in [6.45, 7) is 4.89. The van der Waals surface area contributed by atoms with Crippen molar-refractivity contribution in [2.45, 2.75) is 26.3 Å². The first-order chi connectivity index (χ1) is 7.13. The number of hydrogen-bond donors (Lipinski definition) is 1. The van der Waals surface area contributed by atoms with E-state index in [1.807, 2.05) is 11.7 Å². The summed E-state index contributed by atoms with van der Waals surface area (Å²) in [6.07, 6.45) is 0. The largest absolute Gasteiger partial charge is 0.325 e. The maximum Gasteiger partial charge on any atom is 0.0838 e. The first-order valence-corrected chi connectivity index (χ1v) is 5.29. The number of benzene rings is 1. The van der Waals surface area contributed by atoms with E-state index in [9.17, 15) is 0 Å². The van der Waals surface area contributed by atoms with Crippen LogP contribution in [-0.4, -0.2) is 9.78 Å². The molecule has 2 aromatic rings. The summed E-state index contributed by atoms with van der Waals surface area (Å²) >= 11 is 0. The summed E-state index contributed by atoms with van der Waals surface area (Å²) in [7, 11) is 1.95. The average Bonchev–Trinajstić information content (AvgIpc) is 2.55. The van der Waals surface area contributed by atoms with Crippen molar-refractivity contribution < 1.29 is 0 Å². The maximum atomic E-state index is 5.68. The maximum absolute atomic E-state index is 5.68. The molecule has 0 bridgehead atoms. The third-order valence-corrected chi connectivity index (χ3v) is 2.81. The van der Waals surface area contributed by atoms with Crippen LogP contribution in [0.1, 0.15) is 31.0 Å². The zero-order chi connectivity index (χ0) is 11.0. The van der Waals surface area contributed by atoms with E-state index in [1.165, 1.54) is 10.9 Å². The smallest absolute Gasteiger partial charge is 0.0838 e. The molecule has 1 aromatic heterocycles. The molecule has 0 aliphatic heterocycles. The molecular weight excluding hydrogens is 186 g/mol. The Labute approximate surface area is 89.9 Å². The van der Waals surface area contributed by atoms with Gasteiger partial charge in [0.2, 0.25) is 0 Å². The van der Waals surface area contributed by atoms with Gasteiger partial charge in [-0.2, -0.15) is 5.10 Å². The summed E-state index contributed by atoms with van der Waals surface area (Å²) in [5.41, 5.74) is 9.15. The number of fused-ring (bicyclic) bond motifs is 1. The van der Waals surface area contributed by atoms with Crippen LogP contribution in [0.4, 0.5) is 0 Å². The molecule has 2 rings (SSSR count). The molecule has 3 heteroatoms. The Kier molecular flexibility index (Phi) is 2.49. The third-order valence-electron chi connectivity index (χ3n) is 2.81. The second-order valence-electron chi connectivity index (χ2n) is 4.21. The topological polar surface area (TPSA) is 43.8 Å². The Morgan fingerprint density at radius 2 is 2.13 bits per heavy atom. The zero-order valence-corrected chi connectivity index (χ0v) is 9.49. The quantitative estimate of drug-likeness (QED) is 0.812. The highest BCUT2D eigenvalue weighted by molar-refractivity contribution is 5.82. The normalized spacial score (nSPS) is 11.5. The average molecular weight is 203 g/mol. The van der Waals surface area contributed by atoms with Crippen LogP contribution in [-0.2, 0) is 13.6 Å². The fourth-order valence-electron chi connectivity index (χ4n) is 1.87. The minimum absolute atomic E-state index is 0.499. The lowest BCUT2D eigenvalue weighted by Crippen LogP contribution is -1.98. The van der Waals surface area contributed by atoms with Gasteiger partial charge < -0.3 is 5.73 Å². The second kappa shape index (κ2) is 3.66. The molecular formula is C12H17N3. The van der Waals surface area contributed by atoms with Crippen molar-refractivity contribution in [2.24, 2.45) is 12.8 Å². The Morgan fingerprint density at radius 1 is 1.40 bits per heavy atom. The first-order valence-electron chi connectivity index (χ1n) is 5.29. The van der Waals surface area contributed by atoms with Crippen molar-refractivity contribution in [1.29, 1.82) is 0 Å². The third kappa shape index (κ3) is 1.63. The summed E-state index contributed by atoms with van der Waals surface area (Å²) in [4.78, 5) is 0. The standard InChI is InChI=1S/C12H17N3/c1-8(2)9-4-5-12-10(6-9)11(7-13)14-15(12)3/h4-6,8H,7,13H2,1-3H3. The van der Waals surface area contributed by atoms with Gasteiger partial charge in [0.25, 0.3) is 0 Å². The number of nitrogens with zero attached hydrogens (tertiary/aromatic N) is 2. The van der Waals surface area contributed by atoms with Gasteiger partial charge in [-0.25, -0.2) is 0 Å². The molecule has 2 N–H and O–H groups in total. The number of aromatic nitrogens is 2. The zero-order valence-electron chi connectivity index (χ0n) is 9.49. The van der Waals surface area contributed by atoms with E-state index in [4.69, 9.17) is 5.73 Å². The van der Waals surface area contributed by atoms with Crippen molar-refractivity contribution in [3.63, 3.8) is 0 Å². The van der Waals surface area contributed by atoms with Gasteiger partial charge in [-0.1, -0.05) is 19.9 Å². The molecule has 0 unspecified atom stereocenters. The minimum Gasteiger partial charge on any atom is -0.325 e. The van der Waals surface area contributed by atoms with Crippen molar-refractivity contribution in [1.82, 2.24) is 9.78 Å². The summed E-state index contributed by atoms with van der Waals surface area (Å²) in [5, 5.41) is 5.59. The van der Waals surface area contributed by atoms with Gasteiger partial charge >= 0.3 is 0 Å². The highest BCUT2D eigenvalue weighted by Crippen LogP contribution is 2.23. The molecule has 0 saturated heterocycles. The molecule has 0 fully saturated rings. The molecule has 0 amide bonds. The molecule has 1 heterocycles. The van der Waals surface area contributed by atoms with Crippen LogP contribution >= 0.6 is 0 Å². The Morgan fingerprint density at radius 3 is 2.73 bits per heavy atom. The molecule has 80 valence electrons. The minimum atomic E-state index is 0.499. The van der Waals surface area contributed by atoms with E-state index in [1.54, 1.807) is 0 Å². The number of rotatable bonds is 2. The predicted octanol–water partition coefficient (Wildman–Crippen LogP) is 2.16. The van der Waals surface area contributed by atoms with E-state index in [-0.39, 0.29) is 0 Å². The van der Waals surface area contributed by atoms with Gasteiger partial charge in [-0.3, -0.25) is 4.68 Å². The van der Waals surface area contributed by atoms with Crippen LogP contribution in [0, 0.1) is 0 Å². The van der Waals surface area contributed by atoms with E-state index in [2.05, 4.69) is 37.1 Å². The van der Waals surface area contributed by atoms with Crippen LogP contribution < -0.4 is 5.73 Å². The first kappa shape index (κ1) is 10.2. The van der Waals surface area contributed by atoms with E-state index < -0.39 is 0 Å². The predicted molar refractivity (Wildman–Crippen MR) is 62.7 cm³/mol. The molecule has 15 heavy (non-hydrogen) atoms. The van der Waals surface area contributed by atoms with Gasteiger partial charge in [0.15, 0.2) is 0 Å². The van der Waals surface area contributed by atoms with Gasteiger partial charge in [-0.15, -0.1) is 0 Å². The van der Waals surface area contributed by atoms with E-state index in [0.717, 1.165) is 11.2 Å². The summed E-state index contributed by atoms with van der Waals surface area (Å²) < 4.78 is 1.89. The van der Waals surface area contributed by atoms with E-state index in [0.29, 0.717) is 12.5 Å². The molecule has 0 saturated carbocycles. The molecule has 3 nitrogen and oxygen atoms in total. The lowest BCUT2D eigenvalue weighted by Gasteiger charge is -2.05. The van der Waals surface area contributed by atoms with Crippen LogP contribution in [0.3, 0.4) is 0 Å². The highest BCUT2D eigenvalue weighted by atomic mass is 15.3. The van der Waals surface area contributed by atoms with E-state index >= 15 is 0 Å². The van der Waals surface area contributed by atoms with Crippen molar-refractivity contribution in [3.8, 4) is 0 Å². The van der Waals surface area contributed by atoms with Gasteiger partial charge in [-0.05, 0) is 23.6 Å². The van der Waals surface area contributed by atoms with Crippen LogP contribution in [0.2, 0.25) is 0 Å². The summed E-state index contributed by atoms with van der Waals surface area (Å²) in [5.74, 6) is 0.542. The molecule has 0 aliphatic carbocycles. The fraction of sp³-hybridized carbons (Fsp3) is 0.417. The Bertz CT molecular complexity index is 483. The highest BCUT2D eigenvalue weighted by Gasteiger charge is 2.08. The second-order valence-corrected chi connectivity index (χ2v) is 4.21. The van der Waals surface area contributed by atoms with Crippen molar-refractivity contribution >= 4 is 10.9 Å². The van der Waals surface area contributed by atoms with Gasteiger partial charge in [0, 0.05) is 19.0 Å². The molecule has 0 spiro atoms. The van der Waals surface area contributed by atoms with Gasteiger partial charge in [0.1, 0.15) is 0 Å². The number of nitrogens with two attached hydrogens (primary N) is 1. The van der Waals surface area contributed by atoms with Crippen LogP contribution in [0.15, 0.2) is 18.2 Å². The van der Waals surface area contributed by atoms with Crippen LogP contribution in [0.25, 0.3) is 10.9 Å². The molecule has 1 aromatic carbocycles. The fourth-order valence-corrected chi connectivity index (χ4v) is 1.87. The monoisotopic (exact) mass is 203 g/mol.